The van der Waals surface area contributed by atoms with E-state index in [1.54, 1.807) is 36.4 Å². The lowest BCUT2D eigenvalue weighted by atomic mass is 10.2. The average molecular weight is 514 g/mol. The van der Waals surface area contributed by atoms with Gasteiger partial charge in [-0.15, -0.1) is 0 Å². The molecule has 0 aliphatic heterocycles. The Kier molecular flexibility index (Phi) is 6.65. The van der Waals surface area contributed by atoms with Crippen LogP contribution in [0.3, 0.4) is 0 Å². The quantitative estimate of drug-likeness (QED) is 0.217. The first-order chi connectivity index (χ1) is 17.9. The van der Waals surface area contributed by atoms with Crippen molar-refractivity contribution in [1.29, 1.82) is 0 Å². The number of amides is 2. The Balaban J connectivity index is 1.51. The van der Waals surface area contributed by atoms with Crippen LogP contribution < -0.4 is 20.9 Å². The van der Waals surface area contributed by atoms with Crippen molar-refractivity contribution in [1.82, 2.24) is 14.5 Å². The number of ether oxygens (including phenoxy) is 1. The lowest BCUT2D eigenvalue weighted by Crippen LogP contribution is -2.23. The molecule has 0 saturated carbocycles. The highest BCUT2D eigenvalue weighted by atomic mass is 32.2. The minimum Gasteiger partial charge on any atom is -0.495 e. The largest absolute Gasteiger partial charge is 0.495 e. The molecule has 2 aromatic heterocycles. The number of nitrogens with one attached hydrogen (secondary N) is 3. The molecule has 3 N–H and O–H groups in total. The first-order valence-corrected chi connectivity index (χ1v) is 12.4. The van der Waals surface area contributed by atoms with Crippen LogP contribution in [0.5, 0.6) is 5.75 Å². The van der Waals surface area contributed by atoms with Crippen molar-refractivity contribution >= 4 is 56.9 Å². The predicted molar refractivity (Wildman–Crippen MR) is 146 cm³/mol. The van der Waals surface area contributed by atoms with E-state index in [1.165, 1.54) is 18.6 Å². The summed E-state index contributed by atoms with van der Waals surface area (Å²) in [6.07, 6.45) is 0. The molecule has 5 aromatic rings. The number of benzene rings is 3. The van der Waals surface area contributed by atoms with Crippen LogP contribution in [0.2, 0.25) is 0 Å². The van der Waals surface area contributed by atoms with Crippen molar-refractivity contribution in [3.05, 3.63) is 83.2 Å². The van der Waals surface area contributed by atoms with E-state index in [0.29, 0.717) is 39.0 Å². The minimum absolute atomic E-state index is 0.000183. The second kappa shape index (κ2) is 10.2. The summed E-state index contributed by atoms with van der Waals surface area (Å²) >= 11 is 1.14. The zero-order valence-corrected chi connectivity index (χ0v) is 20.9. The maximum atomic E-state index is 13.7. The van der Waals surface area contributed by atoms with Crippen LogP contribution in [0.4, 0.5) is 11.4 Å². The molecule has 0 saturated heterocycles. The van der Waals surface area contributed by atoms with Gasteiger partial charge in [-0.3, -0.25) is 14.4 Å². The number of para-hydroxylation sites is 3. The summed E-state index contributed by atoms with van der Waals surface area (Å²) in [6.45, 7) is 1.42. The van der Waals surface area contributed by atoms with Gasteiger partial charge in [-0.2, -0.15) is 0 Å². The maximum Gasteiger partial charge on any atom is 0.283 e. The molecule has 9 nitrogen and oxygen atoms in total. The van der Waals surface area contributed by atoms with Crippen molar-refractivity contribution in [2.75, 3.05) is 23.5 Å². The highest BCUT2D eigenvalue weighted by molar-refractivity contribution is 7.99. The number of aromatic amines is 1. The van der Waals surface area contributed by atoms with Crippen LogP contribution in [-0.2, 0) is 9.59 Å². The third kappa shape index (κ3) is 4.91. The minimum atomic E-state index is -0.295. The summed E-state index contributed by atoms with van der Waals surface area (Å²) in [7, 11) is 1.54. The number of thioether (sulfide) groups is 1. The highest BCUT2D eigenvalue weighted by Gasteiger charge is 2.20. The molecular weight excluding hydrogens is 490 g/mol. The highest BCUT2D eigenvalue weighted by Crippen LogP contribution is 2.29. The Labute approximate surface area is 215 Å². The first-order valence-electron chi connectivity index (χ1n) is 11.4. The molecule has 0 aliphatic carbocycles. The van der Waals surface area contributed by atoms with Crippen LogP contribution in [0.15, 0.2) is 82.7 Å². The van der Waals surface area contributed by atoms with E-state index in [9.17, 15) is 14.4 Å². The van der Waals surface area contributed by atoms with Crippen LogP contribution in [0.1, 0.15) is 6.92 Å². The predicted octanol–water partition coefficient (Wildman–Crippen LogP) is 4.56. The molecule has 186 valence electrons. The zero-order chi connectivity index (χ0) is 25.9. The molecule has 0 spiro atoms. The standard InChI is InChI=1S/C27H23N5O4S/c1-16(33)28-17-8-7-9-18(14-17)29-23(34)15-37-27-31-24-19-10-3-4-11-20(19)30-25(24)26(35)32(27)21-12-5-6-13-22(21)36-2/h3-14,30H,15H2,1-2H3,(H,28,33)(H,29,34). The fourth-order valence-electron chi connectivity index (χ4n) is 4.07. The summed E-state index contributed by atoms with van der Waals surface area (Å²) in [6, 6.07) is 21.6. The van der Waals surface area contributed by atoms with Crippen LogP contribution >= 0.6 is 11.8 Å². The molecule has 5 rings (SSSR count). The van der Waals surface area contributed by atoms with Crippen molar-refractivity contribution < 1.29 is 14.3 Å². The number of nitrogens with zero attached hydrogens (tertiary/aromatic N) is 2. The van der Waals surface area contributed by atoms with Crippen LogP contribution in [-0.4, -0.2) is 39.2 Å². The Morgan fingerprint density at radius 2 is 1.73 bits per heavy atom. The van der Waals surface area contributed by atoms with Gasteiger partial charge in [0.2, 0.25) is 11.8 Å². The number of rotatable bonds is 7. The maximum absolute atomic E-state index is 13.7. The number of carbonyl (C=O) groups is 2. The molecule has 0 fully saturated rings. The number of methoxy groups -OCH3 is 1. The van der Waals surface area contributed by atoms with E-state index in [2.05, 4.69) is 15.6 Å². The molecule has 0 radical (unpaired) electrons. The Bertz CT molecular complexity index is 1710. The van der Waals surface area contributed by atoms with Gasteiger partial charge in [0.1, 0.15) is 16.8 Å². The van der Waals surface area contributed by atoms with Crippen molar-refractivity contribution in [3.63, 3.8) is 0 Å². The SMILES string of the molecule is COc1ccccc1-n1c(SCC(=O)Nc2cccc(NC(C)=O)c2)nc2c([nH]c3ccccc32)c1=O. The van der Waals surface area contributed by atoms with Gasteiger partial charge in [-0.1, -0.05) is 48.2 Å². The van der Waals surface area contributed by atoms with Gasteiger partial charge < -0.3 is 20.4 Å². The molecule has 0 bridgehead atoms. The first kappa shape index (κ1) is 24.1. The molecule has 0 unspecified atom stereocenters. The normalized spacial score (nSPS) is 11.0. The second-order valence-electron chi connectivity index (χ2n) is 8.20. The second-order valence-corrected chi connectivity index (χ2v) is 9.14. The van der Waals surface area contributed by atoms with E-state index in [1.807, 2.05) is 36.4 Å². The van der Waals surface area contributed by atoms with E-state index < -0.39 is 0 Å². The lowest BCUT2D eigenvalue weighted by Gasteiger charge is -2.15. The Morgan fingerprint density at radius 3 is 2.51 bits per heavy atom. The van der Waals surface area contributed by atoms with Gasteiger partial charge >= 0.3 is 0 Å². The van der Waals surface area contributed by atoms with E-state index in [4.69, 9.17) is 9.72 Å². The van der Waals surface area contributed by atoms with E-state index >= 15 is 0 Å². The number of fused-ring (bicyclic) bond motifs is 3. The Hall–Kier alpha value is -4.57. The number of hydrogen-bond acceptors (Lipinski definition) is 6. The molecule has 2 amide bonds. The molecule has 10 heteroatoms. The number of aromatic nitrogens is 3. The van der Waals surface area contributed by atoms with Gasteiger partial charge in [-0.25, -0.2) is 9.55 Å². The topological polar surface area (TPSA) is 118 Å². The molecule has 0 atom stereocenters. The summed E-state index contributed by atoms with van der Waals surface area (Å²) in [4.78, 5) is 45.9. The van der Waals surface area contributed by atoms with Gasteiger partial charge in [0.15, 0.2) is 5.16 Å². The van der Waals surface area contributed by atoms with Crippen LogP contribution in [0.25, 0.3) is 27.6 Å². The number of H-pyrrole nitrogens is 1. The van der Waals surface area contributed by atoms with Crippen molar-refractivity contribution in [2.45, 2.75) is 12.1 Å². The third-order valence-electron chi connectivity index (χ3n) is 5.62. The molecular formula is C27H23N5O4S. The monoisotopic (exact) mass is 513 g/mol. The number of hydrogen-bond donors (Lipinski definition) is 3. The number of carbonyl (C=O) groups excluding carboxylic acids is 2. The third-order valence-corrected chi connectivity index (χ3v) is 6.56. The average Bonchev–Trinajstić information content (AvgIpc) is 3.26. The molecule has 0 aliphatic rings. The smallest absolute Gasteiger partial charge is 0.283 e. The summed E-state index contributed by atoms with van der Waals surface area (Å²) in [5, 5.41) is 6.69. The fourth-order valence-corrected chi connectivity index (χ4v) is 4.87. The molecule has 3 aromatic carbocycles. The summed E-state index contributed by atoms with van der Waals surface area (Å²) in [5.41, 5.74) is 3.06. The van der Waals surface area contributed by atoms with Crippen molar-refractivity contribution in [3.8, 4) is 11.4 Å². The summed E-state index contributed by atoms with van der Waals surface area (Å²) in [5.74, 6) is 0.0136. The zero-order valence-electron chi connectivity index (χ0n) is 20.1. The van der Waals surface area contributed by atoms with E-state index in [-0.39, 0.29) is 23.1 Å². The molecule has 37 heavy (non-hydrogen) atoms. The van der Waals surface area contributed by atoms with Gasteiger partial charge in [-0.05, 0) is 36.4 Å². The lowest BCUT2D eigenvalue weighted by molar-refractivity contribution is -0.114. The van der Waals surface area contributed by atoms with Gasteiger partial charge in [0.05, 0.1) is 18.6 Å². The van der Waals surface area contributed by atoms with Crippen LogP contribution in [0, 0.1) is 0 Å². The molecule has 2 heterocycles. The number of anilines is 2. The van der Waals surface area contributed by atoms with Gasteiger partial charge in [0.25, 0.3) is 5.56 Å². The van der Waals surface area contributed by atoms with Crippen molar-refractivity contribution in [2.24, 2.45) is 0 Å². The van der Waals surface area contributed by atoms with Gasteiger partial charge in [0, 0.05) is 29.2 Å². The van der Waals surface area contributed by atoms with E-state index in [0.717, 1.165) is 22.7 Å². The Morgan fingerprint density at radius 1 is 1.00 bits per heavy atom. The summed E-state index contributed by atoms with van der Waals surface area (Å²) < 4.78 is 6.97. The fraction of sp³-hybridized carbons (Fsp3) is 0.111.